The summed E-state index contributed by atoms with van der Waals surface area (Å²) in [4.78, 5) is 23.5. The smallest absolute Gasteiger partial charge is 0.335 e. The molecule has 0 fully saturated rings. The van der Waals surface area contributed by atoms with Gasteiger partial charge in [0.25, 0.3) is 5.91 Å². The van der Waals surface area contributed by atoms with Gasteiger partial charge in [0.05, 0.1) is 33.1 Å². The summed E-state index contributed by atoms with van der Waals surface area (Å²) >= 11 is 0. The number of rotatable bonds is 8. The van der Waals surface area contributed by atoms with E-state index in [2.05, 4.69) is 10.5 Å². The van der Waals surface area contributed by atoms with Crippen molar-refractivity contribution in [3.8, 4) is 28.6 Å². The number of hydrogen-bond donors (Lipinski definition) is 2. The third-order valence-electron chi connectivity index (χ3n) is 4.31. The van der Waals surface area contributed by atoms with Gasteiger partial charge in [0, 0.05) is 11.1 Å². The zero-order chi connectivity index (χ0) is 22.4. The van der Waals surface area contributed by atoms with Gasteiger partial charge in [-0.25, -0.2) is 10.2 Å². The molecule has 0 aliphatic heterocycles. The number of aromatic carboxylic acids is 1. The van der Waals surface area contributed by atoms with Gasteiger partial charge in [-0.2, -0.15) is 5.10 Å². The average molecular weight is 424 g/mol. The predicted octanol–water partition coefficient (Wildman–Crippen LogP) is 3.43. The molecule has 0 saturated carbocycles. The van der Waals surface area contributed by atoms with Crippen molar-refractivity contribution in [2.45, 2.75) is 0 Å². The summed E-state index contributed by atoms with van der Waals surface area (Å²) in [6.45, 7) is 0. The van der Waals surface area contributed by atoms with E-state index >= 15 is 0 Å². The van der Waals surface area contributed by atoms with Gasteiger partial charge in [0.2, 0.25) is 5.75 Å². The van der Waals surface area contributed by atoms with E-state index in [4.69, 9.17) is 23.7 Å². The first-order valence-corrected chi connectivity index (χ1v) is 9.03. The highest BCUT2D eigenvalue weighted by atomic mass is 16.5. The molecule has 0 aliphatic rings. The van der Waals surface area contributed by atoms with Crippen LogP contribution < -0.4 is 19.6 Å². The zero-order valence-corrected chi connectivity index (χ0v) is 17.0. The van der Waals surface area contributed by atoms with E-state index in [9.17, 15) is 9.59 Å². The van der Waals surface area contributed by atoms with Gasteiger partial charge >= 0.3 is 5.97 Å². The molecule has 2 N–H and O–H groups in total. The number of methoxy groups -OCH3 is 3. The van der Waals surface area contributed by atoms with Crippen LogP contribution in [0.2, 0.25) is 0 Å². The lowest BCUT2D eigenvalue weighted by Crippen LogP contribution is -2.18. The molecule has 0 spiro atoms. The van der Waals surface area contributed by atoms with Crippen LogP contribution in [0.4, 0.5) is 0 Å². The van der Waals surface area contributed by atoms with E-state index in [1.165, 1.54) is 51.8 Å². The normalized spacial score (nSPS) is 10.7. The van der Waals surface area contributed by atoms with Gasteiger partial charge in [-0.05, 0) is 36.4 Å². The molecule has 0 radical (unpaired) electrons. The number of nitrogens with one attached hydrogen (secondary N) is 1. The molecule has 3 rings (SSSR count). The Hall–Kier alpha value is -4.27. The predicted molar refractivity (Wildman–Crippen MR) is 112 cm³/mol. The zero-order valence-electron chi connectivity index (χ0n) is 17.0. The summed E-state index contributed by atoms with van der Waals surface area (Å²) in [7, 11) is 4.38. The van der Waals surface area contributed by atoms with Crippen molar-refractivity contribution in [3.63, 3.8) is 0 Å². The summed E-state index contributed by atoms with van der Waals surface area (Å²) in [5.74, 6) is 0.396. The Morgan fingerprint density at radius 1 is 0.968 bits per heavy atom. The number of hydrogen-bond acceptors (Lipinski definition) is 7. The molecule has 1 heterocycles. The minimum absolute atomic E-state index is 0.154. The molecule has 9 heteroatoms. The molecule has 2 aromatic carbocycles. The maximum atomic E-state index is 12.4. The molecule has 0 bridgehead atoms. The number of ether oxygens (including phenoxy) is 3. The molecule has 160 valence electrons. The second-order valence-corrected chi connectivity index (χ2v) is 6.20. The van der Waals surface area contributed by atoms with Crippen LogP contribution in [0.25, 0.3) is 11.3 Å². The van der Waals surface area contributed by atoms with Gasteiger partial charge in [0.1, 0.15) is 11.5 Å². The van der Waals surface area contributed by atoms with Crippen molar-refractivity contribution in [1.82, 2.24) is 5.43 Å². The molecule has 0 atom stereocenters. The number of nitrogens with zero attached hydrogens (tertiary/aromatic N) is 1. The van der Waals surface area contributed by atoms with E-state index in [0.717, 1.165) is 0 Å². The van der Waals surface area contributed by atoms with Crippen LogP contribution in [0.3, 0.4) is 0 Å². The van der Waals surface area contributed by atoms with Crippen molar-refractivity contribution in [2.75, 3.05) is 21.3 Å². The number of benzene rings is 2. The first-order valence-electron chi connectivity index (χ1n) is 9.03. The van der Waals surface area contributed by atoms with Gasteiger partial charge in [-0.15, -0.1) is 0 Å². The third-order valence-corrected chi connectivity index (χ3v) is 4.31. The fourth-order valence-electron chi connectivity index (χ4n) is 2.81. The van der Waals surface area contributed by atoms with Crippen LogP contribution in [0, 0.1) is 0 Å². The van der Waals surface area contributed by atoms with Gasteiger partial charge in [-0.1, -0.05) is 12.1 Å². The summed E-state index contributed by atoms with van der Waals surface area (Å²) in [5.41, 5.74) is 3.43. The van der Waals surface area contributed by atoms with Crippen molar-refractivity contribution in [2.24, 2.45) is 5.10 Å². The van der Waals surface area contributed by atoms with Crippen LogP contribution in [0.1, 0.15) is 26.5 Å². The molecular formula is C22H20N2O7. The monoisotopic (exact) mass is 424 g/mol. The number of amides is 1. The second kappa shape index (κ2) is 9.49. The first-order chi connectivity index (χ1) is 15.0. The largest absolute Gasteiger partial charge is 0.493 e. The topological polar surface area (TPSA) is 120 Å². The highest BCUT2D eigenvalue weighted by Gasteiger charge is 2.16. The lowest BCUT2D eigenvalue weighted by molar-refractivity contribution is 0.0696. The van der Waals surface area contributed by atoms with Crippen molar-refractivity contribution in [1.29, 1.82) is 0 Å². The standard InChI is InChI=1S/C22H20N2O7/c1-28-18-10-15(11-19(29-2)20(18)30-3)21(25)24-23-12-16-7-8-17(31-16)13-5-4-6-14(9-13)22(26)27/h4-12H,1-3H3,(H,24,25)(H,26,27)/b23-12-. The van der Waals surface area contributed by atoms with Crippen LogP contribution in [0.15, 0.2) is 58.0 Å². The van der Waals surface area contributed by atoms with Crippen molar-refractivity contribution < 1.29 is 33.3 Å². The highest BCUT2D eigenvalue weighted by Crippen LogP contribution is 2.38. The maximum absolute atomic E-state index is 12.4. The van der Waals surface area contributed by atoms with E-state index in [-0.39, 0.29) is 11.1 Å². The Morgan fingerprint density at radius 2 is 1.68 bits per heavy atom. The molecule has 31 heavy (non-hydrogen) atoms. The minimum Gasteiger partial charge on any atom is -0.493 e. The minimum atomic E-state index is -1.02. The highest BCUT2D eigenvalue weighted by molar-refractivity contribution is 5.96. The number of furan rings is 1. The number of hydrazone groups is 1. The Labute approximate surface area is 177 Å². The lowest BCUT2D eigenvalue weighted by Gasteiger charge is -2.13. The van der Waals surface area contributed by atoms with E-state index in [0.29, 0.717) is 34.3 Å². The number of carbonyl (C=O) groups is 2. The molecule has 0 aliphatic carbocycles. The van der Waals surface area contributed by atoms with Crippen LogP contribution in [-0.2, 0) is 0 Å². The molecule has 1 amide bonds. The molecule has 0 unspecified atom stereocenters. The quantitative estimate of drug-likeness (QED) is 0.420. The molecular weight excluding hydrogens is 404 g/mol. The van der Waals surface area contributed by atoms with Crippen molar-refractivity contribution in [3.05, 3.63) is 65.4 Å². The fourth-order valence-corrected chi connectivity index (χ4v) is 2.81. The van der Waals surface area contributed by atoms with E-state index in [1.54, 1.807) is 24.3 Å². The van der Waals surface area contributed by atoms with Gasteiger partial charge < -0.3 is 23.7 Å². The lowest BCUT2D eigenvalue weighted by atomic mass is 10.1. The number of carboxylic acids is 1. The Balaban J connectivity index is 1.72. The van der Waals surface area contributed by atoms with Crippen LogP contribution in [-0.4, -0.2) is 44.5 Å². The van der Waals surface area contributed by atoms with Crippen LogP contribution in [0.5, 0.6) is 17.2 Å². The molecule has 3 aromatic rings. The van der Waals surface area contributed by atoms with E-state index in [1.807, 2.05) is 0 Å². The van der Waals surface area contributed by atoms with Gasteiger partial charge in [0.15, 0.2) is 11.5 Å². The number of carbonyl (C=O) groups excluding carboxylic acids is 1. The Kier molecular flexibility index (Phi) is 6.56. The van der Waals surface area contributed by atoms with E-state index < -0.39 is 11.9 Å². The Bertz CT molecular complexity index is 1110. The second-order valence-electron chi connectivity index (χ2n) is 6.20. The average Bonchev–Trinajstić information content (AvgIpc) is 3.26. The summed E-state index contributed by atoms with van der Waals surface area (Å²) in [6.07, 6.45) is 1.33. The summed E-state index contributed by atoms with van der Waals surface area (Å²) in [5, 5.41) is 13.0. The SMILES string of the molecule is COc1cc(C(=O)N/N=C\c2ccc(-c3cccc(C(=O)O)c3)o2)cc(OC)c1OC. The van der Waals surface area contributed by atoms with Crippen molar-refractivity contribution >= 4 is 18.1 Å². The molecule has 9 nitrogen and oxygen atoms in total. The first kappa shape index (κ1) is 21.4. The van der Waals surface area contributed by atoms with Gasteiger partial charge in [-0.3, -0.25) is 4.79 Å². The molecule has 0 saturated heterocycles. The number of carboxylic acid groups (broad SMARTS) is 1. The summed E-state index contributed by atoms with van der Waals surface area (Å²) < 4.78 is 21.4. The summed E-state index contributed by atoms with van der Waals surface area (Å²) in [6, 6.07) is 12.7. The fraction of sp³-hybridized carbons (Fsp3) is 0.136. The third kappa shape index (κ3) is 4.84. The molecule has 1 aromatic heterocycles. The van der Waals surface area contributed by atoms with Crippen LogP contribution >= 0.6 is 0 Å². The maximum Gasteiger partial charge on any atom is 0.335 e. The Morgan fingerprint density at radius 3 is 2.29 bits per heavy atom.